The molecule has 0 aliphatic heterocycles. The predicted molar refractivity (Wildman–Crippen MR) is 61.5 cm³/mol. The van der Waals surface area contributed by atoms with E-state index in [4.69, 9.17) is 19.9 Å². The normalized spacial score (nSPS) is 10.3. The predicted octanol–water partition coefficient (Wildman–Crippen LogP) is 1.10. The van der Waals surface area contributed by atoms with Crippen molar-refractivity contribution in [1.29, 1.82) is 0 Å². The largest absolute Gasteiger partial charge is 0.491 e. The fourth-order valence-electron chi connectivity index (χ4n) is 1.14. The number of nitrogens with zero attached hydrogens (tertiary/aromatic N) is 1. The number of nitrogen functional groups attached to an aromatic ring is 1. The van der Waals surface area contributed by atoms with Gasteiger partial charge in [0.1, 0.15) is 18.2 Å². The van der Waals surface area contributed by atoms with Crippen molar-refractivity contribution in [3.05, 3.63) is 18.3 Å². The van der Waals surface area contributed by atoms with Gasteiger partial charge in [-0.3, -0.25) is 0 Å². The molecule has 0 spiro atoms. The number of hydrogen-bond acceptors (Lipinski definition) is 5. The van der Waals surface area contributed by atoms with E-state index in [0.717, 1.165) is 13.0 Å². The van der Waals surface area contributed by atoms with Crippen molar-refractivity contribution >= 4 is 5.82 Å². The summed E-state index contributed by atoms with van der Waals surface area (Å²) in [7, 11) is 1.68. The summed E-state index contributed by atoms with van der Waals surface area (Å²) < 4.78 is 15.7. The summed E-state index contributed by atoms with van der Waals surface area (Å²) in [4.78, 5) is 3.87. The van der Waals surface area contributed by atoms with Crippen molar-refractivity contribution in [3.63, 3.8) is 0 Å². The van der Waals surface area contributed by atoms with E-state index in [9.17, 15) is 0 Å². The zero-order chi connectivity index (χ0) is 11.6. The summed E-state index contributed by atoms with van der Waals surface area (Å²) in [6.07, 6.45) is 2.52. The minimum absolute atomic E-state index is 0.457. The van der Waals surface area contributed by atoms with Crippen LogP contribution >= 0.6 is 0 Å². The van der Waals surface area contributed by atoms with Gasteiger partial charge in [0.15, 0.2) is 0 Å². The second-order valence-electron chi connectivity index (χ2n) is 3.22. The van der Waals surface area contributed by atoms with Crippen molar-refractivity contribution < 1.29 is 14.2 Å². The van der Waals surface area contributed by atoms with Crippen LogP contribution in [0.3, 0.4) is 0 Å². The molecule has 0 saturated heterocycles. The third kappa shape index (κ3) is 5.53. The first-order valence-electron chi connectivity index (χ1n) is 5.24. The van der Waals surface area contributed by atoms with E-state index in [1.54, 1.807) is 25.4 Å². The molecule has 1 aromatic rings. The number of nitrogens with two attached hydrogens (primary N) is 1. The molecular weight excluding hydrogens is 208 g/mol. The summed E-state index contributed by atoms with van der Waals surface area (Å²) in [5, 5.41) is 0. The Morgan fingerprint density at radius 2 is 2.12 bits per heavy atom. The van der Waals surface area contributed by atoms with E-state index in [0.29, 0.717) is 31.4 Å². The number of anilines is 1. The molecule has 5 heteroatoms. The highest BCUT2D eigenvalue weighted by Gasteiger charge is 1.95. The topological polar surface area (TPSA) is 66.6 Å². The molecule has 0 amide bonds. The number of pyridine rings is 1. The van der Waals surface area contributed by atoms with Gasteiger partial charge in [0, 0.05) is 32.6 Å². The van der Waals surface area contributed by atoms with E-state index in [1.807, 2.05) is 0 Å². The average Bonchev–Trinajstić information content (AvgIpc) is 2.28. The van der Waals surface area contributed by atoms with Gasteiger partial charge in [-0.1, -0.05) is 0 Å². The van der Waals surface area contributed by atoms with Crippen LogP contribution in [0.4, 0.5) is 5.82 Å². The molecule has 0 radical (unpaired) electrons. The highest BCUT2D eigenvalue weighted by atomic mass is 16.5. The SMILES string of the molecule is COCCCOCCOc1ccnc(N)c1. The zero-order valence-electron chi connectivity index (χ0n) is 9.52. The summed E-state index contributed by atoms with van der Waals surface area (Å²) in [5.74, 6) is 1.17. The lowest BCUT2D eigenvalue weighted by Crippen LogP contribution is -2.08. The smallest absolute Gasteiger partial charge is 0.126 e. The third-order valence-corrected chi connectivity index (χ3v) is 1.89. The minimum atomic E-state index is 0.457. The van der Waals surface area contributed by atoms with Crippen LogP contribution in [-0.4, -0.2) is 38.5 Å². The molecule has 0 fully saturated rings. The van der Waals surface area contributed by atoms with Crippen molar-refractivity contribution in [3.8, 4) is 5.75 Å². The van der Waals surface area contributed by atoms with Crippen LogP contribution in [0.15, 0.2) is 18.3 Å². The van der Waals surface area contributed by atoms with Gasteiger partial charge in [0.2, 0.25) is 0 Å². The number of rotatable bonds is 8. The maximum Gasteiger partial charge on any atom is 0.126 e. The Morgan fingerprint density at radius 3 is 2.88 bits per heavy atom. The van der Waals surface area contributed by atoms with Crippen LogP contribution < -0.4 is 10.5 Å². The molecule has 90 valence electrons. The summed E-state index contributed by atoms with van der Waals surface area (Å²) in [6, 6.07) is 3.45. The molecule has 1 heterocycles. The maximum absolute atomic E-state index is 5.51. The van der Waals surface area contributed by atoms with E-state index in [2.05, 4.69) is 4.98 Å². The Bertz CT molecular complexity index is 294. The molecule has 0 bridgehead atoms. The average molecular weight is 226 g/mol. The fraction of sp³-hybridized carbons (Fsp3) is 0.545. The molecule has 16 heavy (non-hydrogen) atoms. The van der Waals surface area contributed by atoms with Crippen LogP contribution in [0.25, 0.3) is 0 Å². The molecule has 0 aliphatic carbocycles. The Balaban J connectivity index is 2.03. The van der Waals surface area contributed by atoms with Gasteiger partial charge in [0.25, 0.3) is 0 Å². The lowest BCUT2D eigenvalue weighted by molar-refractivity contribution is 0.0806. The first-order valence-corrected chi connectivity index (χ1v) is 5.24. The molecule has 2 N–H and O–H groups in total. The van der Waals surface area contributed by atoms with Gasteiger partial charge < -0.3 is 19.9 Å². The van der Waals surface area contributed by atoms with E-state index >= 15 is 0 Å². The van der Waals surface area contributed by atoms with Crippen LogP contribution in [0.2, 0.25) is 0 Å². The summed E-state index contributed by atoms with van der Waals surface area (Å²) in [5.41, 5.74) is 5.51. The lowest BCUT2D eigenvalue weighted by Gasteiger charge is -2.07. The van der Waals surface area contributed by atoms with Crippen molar-refractivity contribution in [2.24, 2.45) is 0 Å². The molecule has 0 aromatic carbocycles. The summed E-state index contributed by atoms with van der Waals surface area (Å²) >= 11 is 0. The van der Waals surface area contributed by atoms with E-state index in [1.165, 1.54) is 0 Å². The van der Waals surface area contributed by atoms with Crippen LogP contribution in [-0.2, 0) is 9.47 Å². The molecule has 0 atom stereocenters. The van der Waals surface area contributed by atoms with Gasteiger partial charge in [-0.2, -0.15) is 0 Å². The molecule has 0 unspecified atom stereocenters. The van der Waals surface area contributed by atoms with Crippen molar-refractivity contribution in [2.45, 2.75) is 6.42 Å². The lowest BCUT2D eigenvalue weighted by atomic mass is 10.4. The van der Waals surface area contributed by atoms with Gasteiger partial charge in [-0.05, 0) is 12.5 Å². The summed E-state index contributed by atoms with van der Waals surface area (Å²) in [6.45, 7) is 2.49. The molecule has 1 rings (SSSR count). The van der Waals surface area contributed by atoms with Crippen LogP contribution in [0.1, 0.15) is 6.42 Å². The third-order valence-electron chi connectivity index (χ3n) is 1.89. The van der Waals surface area contributed by atoms with Crippen molar-refractivity contribution in [2.75, 3.05) is 39.3 Å². The van der Waals surface area contributed by atoms with Crippen LogP contribution in [0.5, 0.6) is 5.75 Å². The number of ether oxygens (including phenoxy) is 3. The number of methoxy groups -OCH3 is 1. The van der Waals surface area contributed by atoms with Gasteiger partial charge >= 0.3 is 0 Å². The quantitative estimate of drug-likeness (QED) is 0.672. The highest BCUT2D eigenvalue weighted by Crippen LogP contribution is 2.11. The standard InChI is InChI=1S/C11H18N2O3/c1-14-5-2-6-15-7-8-16-10-3-4-13-11(12)9-10/h3-4,9H,2,5-8H2,1H3,(H2,12,13). The Hall–Kier alpha value is -1.33. The number of aromatic nitrogens is 1. The first kappa shape index (κ1) is 12.7. The maximum atomic E-state index is 5.51. The van der Waals surface area contributed by atoms with E-state index in [-0.39, 0.29) is 0 Å². The second kappa shape index (κ2) is 7.90. The second-order valence-corrected chi connectivity index (χ2v) is 3.22. The number of hydrogen-bond donors (Lipinski definition) is 1. The van der Waals surface area contributed by atoms with Gasteiger partial charge in [0.05, 0.1) is 6.61 Å². The fourth-order valence-corrected chi connectivity index (χ4v) is 1.14. The van der Waals surface area contributed by atoms with Crippen LogP contribution in [0, 0.1) is 0 Å². The zero-order valence-corrected chi connectivity index (χ0v) is 9.52. The minimum Gasteiger partial charge on any atom is -0.491 e. The van der Waals surface area contributed by atoms with Gasteiger partial charge in [-0.15, -0.1) is 0 Å². The Morgan fingerprint density at radius 1 is 1.25 bits per heavy atom. The molecule has 5 nitrogen and oxygen atoms in total. The molecule has 0 aliphatic rings. The molecular formula is C11H18N2O3. The first-order chi connectivity index (χ1) is 7.83. The molecule has 1 aromatic heterocycles. The monoisotopic (exact) mass is 226 g/mol. The van der Waals surface area contributed by atoms with E-state index < -0.39 is 0 Å². The highest BCUT2D eigenvalue weighted by molar-refractivity contribution is 5.35. The molecule has 0 saturated carbocycles. The Kier molecular flexibility index (Phi) is 6.29. The van der Waals surface area contributed by atoms with Crippen molar-refractivity contribution in [1.82, 2.24) is 4.98 Å². The van der Waals surface area contributed by atoms with Gasteiger partial charge in [-0.25, -0.2) is 4.98 Å². The Labute approximate surface area is 95.5 Å².